The summed E-state index contributed by atoms with van der Waals surface area (Å²) in [5.41, 5.74) is 2.05. The van der Waals surface area contributed by atoms with Gasteiger partial charge in [-0.25, -0.2) is 13.4 Å². The van der Waals surface area contributed by atoms with E-state index in [1.54, 1.807) is 13.3 Å². The molecule has 1 aromatic carbocycles. The molecule has 30 heavy (non-hydrogen) atoms. The van der Waals surface area contributed by atoms with Crippen molar-refractivity contribution in [2.75, 3.05) is 26.5 Å². The number of nitrogens with zero attached hydrogens (tertiary/aromatic N) is 3. The molecule has 0 bridgehead atoms. The molecule has 0 spiro atoms. The maximum atomic E-state index is 13.0. The average molecular weight is 434 g/mol. The van der Waals surface area contributed by atoms with E-state index < -0.39 is 9.84 Å². The summed E-state index contributed by atoms with van der Waals surface area (Å²) in [6.45, 7) is 2.62. The fourth-order valence-corrected chi connectivity index (χ4v) is 5.88. The molecule has 164 valence electrons. The standard InChI is InChI=1S/C22H31N3O4S/c1-24(13-18-5-3-6-20(11-18)28-2)14-19-12-23-22(30(26,27)16-17-8-9-17)25(19)15-21-7-4-10-29-21/h3,5-6,11-12,17,21H,4,7-10,13-16H2,1-2H3. The Hall–Kier alpha value is -1.90. The Bertz CT molecular complexity index is 963. The van der Waals surface area contributed by atoms with E-state index in [0.717, 1.165) is 55.8 Å². The lowest BCUT2D eigenvalue weighted by atomic mass is 10.2. The summed E-state index contributed by atoms with van der Waals surface area (Å²) in [7, 11) is 0.301. The van der Waals surface area contributed by atoms with Gasteiger partial charge in [0.05, 0.1) is 37.4 Å². The van der Waals surface area contributed by atoms with Crippen LogP contribution in [0.4, 0.5) is 0 Å². The zero-order valence-corrected chi connectivity index (χ0v) is 18.6. The molecule has 1 aliphatic carbocycles. The van der Waals surface area contributed by atoms with E-state index in [1.807, 2.05) is 29.8 Å². The zero-order valence-electron chi connectivity index (χ0n) is 17.8. The van der Waals surface area contributed by atoms with Crippen LogP contribution in [0.1, 0.15) is 36.9 Å². The van der Waals surface area contributed by atoms with Crippen LogP contribution in [0, 0.1) is 5.92 Å². The lowest BCUT2D eigenvalue weighted by Gasteiger charge is -2.20. The lowest BCUT2D eigenvalue weighted by Crippen LogP contribution is -2.25. The zero-order chi connectivity index (χ0) is 21.1. The third-order valence-electron chi connectivity index (χ3n) is 5.76. The fourth-order valence-electron chi connectivity index (χ4n) is 4.04. The van der Waals surface area contributed by atoms with Gasteiger partial charge in [0.25, 0.3) is 0 Å². The number of hydrogen-bond donors (Lipinski definition) is 0. The monoisotopic (exact) mass is 433 g/mol. The molecule has 2 aliphatic rings. The summed E-state index contributed by atoms with van der Waals surface area (Å²) in [5, 5.41) is 0.203. The van der Waals surface area contributed by atoms with Crippen molar-refractivity contribution in [1.82, 2.24) is 14.5 Å². The van der Waals surface area contributed by atoms with Crippen molar-refractivity contribution in [3.63, 3.8) is 0 Å². The number of imidazole rings is 1. The molecule has 4 rings (SSSR count). The van der Waals surface area contributed by atoms with Crippen molar-refractivity contribution in [2.45, 2.75) is 56.6 Å². The molecule has 1 aliphatic heterocycles. The number of ether oxygens (including phenoxy) is 2. The Labute approximate surface area is 178 Å². The quantitative estimate of drug-likeness (QED) is 0.574. The van der Waals surface area contributed by atoms with Gasteiger partial charge in [-0.15, -0.1) is 0 Å². The molecule has 1 aromatic heterocycles. The predicted octanol–water partition coefficient (Wildman–Crippen LogP) is 2.89. The van der Waals surface area contributed by atoms with Crippen LogP contribution < -0.4 is 4.74 Å². The SMILES string of the molecule is COc1cccc(CN(C)Cc2cnc(S(=O)(=O)CC3CC3)n2CC2CCCO2)c1. The van der Waals surface area contributed by atoms with Crippen LogP contribution in [-0.4, -0.2) is 55.5 Å². The lowest BCUT2D eigenvalue weighted by molar-refractivity contribution is 0.0934. The number of rotatable bonds is 10. The Morgan fingerprint density at radius 1 is 1.27 bits per heavy atom. The van der Waals surface area contributed by atoms with Crippen LogP contribution in [0.25, 0.3) is 0 Å². The first-order chi connectivity index (χ1) is 14.4. The summed E-state index contributed by atoms with van der Waals surface area (Å²) >= 11 is 0. The van der Waals surface area contributed by atoms with Crippen molar-refractivity contribution in [3.05, 3.63) is 41.7 Å². The van der Waals surface area contributed by atoms with E-state index >= 15 is 0 Å². The predicted molar refractivity (Wildman–Crippen MR) is 114 cm³/mol. The first-order valence-corrected chi connectivity index (χ1v) is 12.3. The van der Waals surface area contributed by atoms with Crippen LogP contribution in [0.15, 0.2) is 35.6 Å². The fraction of sp³-hybridized carbons (Fsp3) is 0.591. The maximum absolute atomic E-state index is 13.0. The smallest absolute Gasteiger partial charge is 0.227 e. The topological polar surface area (TPSA) is 73.7 Å². The van der Waals surface area contributed by atoms with Crippen LogP contribution in [0.3, 0.4) is 0 Å². The van der Waals surface area contributed by atoms with Gasteiger partial charge in [0, 0.05) is 19.7 Å². The minimum Gasteiger partial charge on any atom is -0.497 e. The van der Waals surface area contributed by atoms with Crippen molar-refractivity contribution in [3.8, 4) is 5.75 Å². The van der Waals surface area contributed by atoms with Crippen molar-refractivity contribution < 1.29 is 17.9 Å². The van der Waals surface area contributed by atoms with Gasteiger partial charge in [-0.2, -0.15) is 0 Å². The Balaban J connectivity index is 1.53. The van der Waals surface area contributed by atoms with E-state index in [9.17, 15) is 8.42 Å². The van der Waals surface area contributed by atoms with E-state index in [4.69, 9.17) is 9.47 Å². The van der Waals surface area contributed by atoms with E-state index in [-0.39, 0.29) is 17.0 Å². The van der Waals surface area contributed by atoms with Gasteiger partial charge >= 0.3 is 0 Å². The molecule has 1 unspecified atom stereocenters. The number of sulfone groups is 1. The molecule has 7 nitrogen and oxygen atoms in total. The Morgan fingerprint density at radius 2 is 2.10 bits per heavy atom. The molecule has 1 atom stereocenters. The molecule has 2 fully saturated rings. The van der Waals surface area contributed by atoms with E-state index in [1.165, 1.54) is 0 Å². The van der Waals surface area contributed by atoms with Crippen LogP contribution >= 0.6 is 0 Å². The normalized spacial score (nSPS) is 19.5. The summed E-state index contributed by atoms with van der Waals surface area (Å²) < 4.78 is 39.0. The van der Waals surface area contributed by atoms with Gasteiger partial charge in [-0.3, -0.25) is 4.90 Å². The third kappa shape index (κ3) is 5.22. The highest BCUT2D eigenvalue weighted by Gasteiger charge is 2.33. The van der Waals surface area contributed by atoms with Crippen molar-refractivity contribution in [1.29, 1.82) is 0 Å². The first kappa shape index (κ1) is 21.3. The van der Waals surface area contributed by atoms with E-state index in [0.29, 0.717) is 19.0 Å². The number of hydrogen-bond acceptors (Lipinski definition) is 6. The number of methoxy groups -OCH3 is 1. The Kier molecular flexibility index (Phi) is 6.46. The highest BCUT2D eigenvalue weighted by molar-refractivity contribution is 7.91. The molecule has 1 saturated heterocycles. The second-order valence-electron chi connectivity index (χ2n) is 8.53. The van der Waals surface area contributed by atoms with Crippen LogP contribution in [0.5, 0.6) is 5.75 Å². The minimum atomic E-state index is -3.39. The second-order valence-corrected chi connectivity index (χ2v) is 10.5. The van der Waals surface area contributed by atoms with Crippen LogP contribution in [-0.2, 0) is 34.2 Å². The van der Waals surface area contributed by atoms with Gasteiger partial charge in [-0.05, 0) is 56.3 Å². The highest BCUT2D eigenvalue weighted by Crippen LogP contribution is 2.32. The molecule has 0 amide bonds. The highest BCUT2D eigenvalue weighted by atomic mass is 32.2. The minimum absolute atomic E-state index is 0.0523. The molecule has 0 N–H and O–H groups in total. The average Bonchev–Trinajstić information content (AvgIpc) is 3.20. The van der Waals surface area contributed by atoms with Crippen LogP contribution in [0.2, 0.25) is 0 Å². The second kappa shape index (κ2) is 9.08. The van der Waals surface area contributed by atoms with Gasteiger partial charge in [0.2, 0.25) is 15.0 Å². The molecule has 8 heteroatoms. The maximum Gasteiger partial charge on any atom is 0.227 e. The largest absolute Gasteiger partial charge is 0.497 e. The molecule has 2 heterocycles. The summed E-state index contributed by atoms with van der Waals surface area (Å²) in [6, 6.07) is 7.99. The molecular formula is C22H31N3O4S. The van der Waals surface area contributed by atoms with Crippen molar-refractivity contribution in [2.24, 2.45) is 5.92 Å². The van der Waals surface area contributed by atoms with E-state index in [2.05, 4.69) is 16.0 Å². The Morgan fingerprint density at radius 3 is 2.80 bits per heavy atom. The molecule has 2 aromatic rings. The summed E-state index contributed by atoms with van der Waals surface area (Å²) in [4.78, 5) is 6.53. The summed E-state index contributed by atoms with van der Waals surface area (Å²) in [5.74, 6) is 1.33. The third-order valence-corrected chi connectivity index (χ3v) is 7.55. The molecule has 1 saturated carbocycles. The first-order valence-electron chi connectivity index (χ1n) is 10.6. The van der Waals surface area contributed by atoms with Crippen molar-refractivity contribution >= 4 is 9.84 Å². The van der Waals surface area contributed by atoms with Gasteiger partial charge < -0.3 is 14.0 Å². The number of benzene rings is 1. The number of aromatic nitrogens is 2. The van der Waals surface area contributed by atoms with Gasteiger partial charge in [0.15, 0.2) is 0 Å². The summed E-state index contributed by atoms with van der Waals surface area (Å²) in [6.07, 6.45) is 5.76. The molecular weight excluding hydrogens is 402 g/mol. The molecule has 0 radical (unpaired) electrons. The van der Waals surface area contributed by atoms with Gasteiger partial charge in [0.1, 0.15) is 5.75 Å². The van der Waals surface area contributed by atoms with Gasteiger partial charge in [-0.1, -0.05) is 12.1 Å².